The van der Waals surface area contributed by atoms with Crippen molar-refractivity contribution < 1.29 is 4.74 Å². The largest absolute Gasteiger partial charge is 0.495 e. The van der Waals surface area contributed by atoms with Crippen molar-refractivity contribution in [3.05, 3.63) is 24.3 Å². The van der Waals surface area contributed by atoms with E-state index in [2.05, 4.69) is 15.9 Å². The molecule has 1 aromatic carbocycles. The average Bonchev–Trinajstić information content (AvgIpc) is 2.39. The maximum atomic E-state index is 5.63. The smallest absolute Gasteiger partial charge is 0.142 e. The molecule has 2 N–H and O–H groups in total. The summed E-state index contributed by atoms with van der Waals surface area (Å²) in [6.07, 6.45) is 0. The summed E-state index contributed by atoms with van der Waals surface area (Å²) in [6, 6.07) is 8.16. The lowest BCUT2D eigenvalue weighted by atomic mass is 10.2. The molecule has 1 aromatic rings. The lowest BCUT2D eigenvalue weighted by Gasteiger charge is -2.35. The van der Waals surface area contributed by atoms with Gasteiger partial charge in [0.25, 0.3) is 0 Å². The second kappa shape index (κ2) is 5.18. The van der Waals surface area contributed by atoms with Crippen LogP contribution in [0.15, 0.2) is 24.3 Å². The van der Waals surface area contributed by atoms with Crippen LogP contribution >= 0.6 is 0 Å². The van der Waals surface area contributed by atoms with Crippen LogP contribution in [0.25, 0.3) is 0 Å². The number of nitrogens with zero attached hydrogens (tertiary/aromatic N) is 2. The Hall–Kier alpha value is -1.26. The SMILES string of the molecule is COc1ccccc1N1CCN(CN)CC1. The molecule has 88 valence electrons. The molecule has 4 heteroatoms. The van der Waals surface area contributed by atoms with E-state index in [9.17, 15) is 0 Å². The first-order valence-electron chi connectivity index (χ1n) is 5.65. The van der Waals surface area contributed by atoms with Gasteiger partial charge in [-0.25, -0.2) is 0 Å². The molecule has 0 amide bonds. The van der Waals surface area contributed by atoms with E-state index >= 15 is 0 Å². The highest BCUT2D eigenvalue weighted by atomic mass is 16.5. The van der Waals surface area contributed by atoms with Gasteiger partial charge in [-0.3, -0.25) is 4.90 Å². The molecule has 0 aliphatic carbocycles. The molecule has 1 aliphatic heterocycles. The average molecular weight is 221 g/mol. The molecule has 0 radical (unpaired) electrons. The molecule has 2 rings (SSSR count). The Morgan fingerprint density at radius 3 is 2.50 bits per heavy atom. The Balaban J connectivity index is 2.07. The molecule has 0 spiro atoms. The third kappa shape index (κ3) is 2.28. The van der Waals surface area contributed by atoms with Crippen LogP contribution in [0, 0.1) is 0 Å². The maximum Gasteiger partial charge on any atom is 0.142 e. The van der Waals surface area contributed by atoms with Crippen LogP contribution in [-0.2, 0) is 0 Å². The fourth-order valence-corrected chi connectivity index (χ4v) is 2.06. The summed E-state index contributed by atoms with van der Waals surface area (Å²) in [7, 11) is 1.72. The van der Waals surface area contributed by atoms with Crippen LogP contribution in [0.3, 0.4) is 0 Å². The van der Waals surface area contributed by atoms with Gasteiger partial charge in [0.2, 0.25) is 0 Å². The Kier molecular flexibility index (Phi) is 3.64. The van der Waals surface area contributed by atoms with E-state index in [0.717, 1.165) is 31.9 Å². The molecule has 1 aliphatic rings. The Morgan fingerprint density at radius 1 is 1.19 bits per heavy atom. The van der Waals surface area contributed by atoms with Crippen molar-refractivity contribution in [1.82, 2.24) is 4.90 Å². The van der Waals surface area contributed by atoms with Gasteiger partial charge in [-0.15, -0.1) is 0 Å². The first-order chi connectivity index (χ1) is 7.85. The Morgan fingerprint density at radius 2 is 1.88 bits per heavy atom. The molecule has 0 saturated carbocycles. The normalized spacial score (nSPS) is 17.5. The number of rotatable bonds is 3. The molecular formula is C12H19N3O. The van der Waals surface area contributed by atoms with Gasteiger partial charge in [0.15, 0.2) is 0 Å². The molecule has 1 heterocycles. The summed E-state index contributed by atoms with van der Waals surface area (Å²) in [6.45, 7) is 4.72. The fraction of sp³-hybridized carbons (Fsp3) is 0.500. The van der Waals surface area contributed by atoms with Crippen LogP contribution < -0.4 is 15.4 Å². The molecule has 4 nitrogen and oxygen atoms in total. The van der Waals surface area contributed by atoms with Crippen LogP contribution in [0.5, 0.6) is 5.75 Å². The van der Waals surface area contributed by atoms with E-state index in [0.29, 0.717) is 6.67 Å². The second-order valence-electron chi connectivity index (χ2n) is 3.96. The van der Waals surface area contributed by atoms with Gasteiger partial charge in [0, 0.05) is 32.8 Å². The molecule has 0 bridgehead atoms. The van der Waals surface area contributed by atoms with E-state index in [1.54, 1.807) is 7.11 Å². The summed E-state index contributed by atoms with van der Waals surface area (Å²) in [4.78, 5) is 4.61. The first-order valence-corrected chi connectivity index (χ1v) is 5.65. The van der Waals surface area contributed by atoms with Crippen molar-refractivity contribution >= 4 is 5.69 Å². The number of methoxy groups -OCH3 is 1. The van der Waals surface area contributed by atoms with Gasteiger partial charge < -0.3 is 15.4 Å². The number of anilines is 1. The highest BCUT2D eigenvalue weighted by Crippen LogP contribution is 2.28. The third-order valence-electron chi connectivity index (χ3n) is 3.06. The van der Waals surface area contributed by atoms with E-state index < -0.39 is 0 Å². The zero-order valence-corrected chi connectivity index (χ0v) is 9.72. The van der Waals surface area contributed by atoms with E-state index in [1.165, 1.54) is 5.69 Å². The topological polar surface area (TPSA) is 41.7 Å². The van der Waals surface area contributed by atoms with Crippen LogP contribution in [0.2, 0.25) is 0 Å². The molecule has 0 aromatic heterocycles. The fourth-order valence-electron chi connectivity index (χ4n) is 2.06. The number of para-hydroxylation sites is 2. The lowest BCUT2D eigenvalue weighted by Crippen LogP contribution is -2.48. The number of ether oxygens (including phenoxy) is 1. The molecule has 0 unspecified atom stereocenters. The molecule has 0 atom stereocenters. The van der Waals surface area contributed by atoms with Crippen molar-refractivity contribution in [2.45, 2.75) is 0 Å². The molecule has 1 saturated heterocycles. The van der Waals surface area contributed by atoms with Gasteiger partial charge in [0.05, 0.1) is 12.8 Å². The van der Waals surface area contributed by atoms with Crippen molar-refractivity contribution in [1.29, 1.82) is 0 Å². The van der Waals surface area contributed by atoms with Crippen LogP contribution in [0.4, 0.5) is 5.69 Å². The first kappa shape index (κ1) is 11.2. The second-order valence-corrected chi connectivity index (χ2v) is 3.96. The highest BCUT2D eigenvalue weighted by Gasteiger charge is 2.18. The number of benzene rings is 1. The minimum absolute atomic E-state index is 0.653. The molecular weight excluding hydrogens is 202 g/mol. The van der Waals surface area contributed by atoms with Gasteiger partial charge in [0.1, 0.15) is 5.75 Å². The van der Waals surface area contributed by atoms with Gasteiger partial charge in [-0.05, 0) is 12.1 Å². The number of nitrogens with two attached hydrogens (primary N) is 1. The van der Waals surface area contributed by atoms with Gasteiger partial charge in [-0.1, -0.05) is 12.1 Å². The van der Waals surface area contributed by atoms with E-state index in [4.69, 9.17) is 10.5 Å². The zero-order valence-electron chi connectivity index (χ0n) is 9.72. The van der Waals surface area contributed by atoms with Crippen molar-refractivity contribution in [2.24, 2.45) is 5.73 Å². The molecule has 16 heavy (non-hydrogen) atoms. The van der Waals surface area contributed by atoms with Gasteiger partial charge >= 0.3 is 0 Å². The predicted molar refractivity (Wildman–Crippen MR) is 65.8 cm³/mol. The standard InChI is InChI=1S/C12H19N3O/c1-16-12-5-3-2-4-11(12)15-8-6-14(10-13)7-9-15/h2-5H,6-10,13H2,1H3. The summed E-state index contributed by atoms with van der Waals surface area (Å²) in [5.74, 6) is 0.948. The minimum Gasteiger partial charge on any atom is -0.495 e. The van der Waals surface area contributed by atoms with Crippen molar-refractivity contribution in [3.8, 4) is 5.75 Å². The number of hydrogen-bond acceptors (Lipinski definition) is 4. The van der Waals surface area contributed by atoms with Gasteiger partial charge in [-0.2, -0.15) is 0 Å². The Labute approximate surface area is 96.6 Å². The van der Waals surface area contributed by atoms with Crippen molar-refractivity contribution in [2.75, 3.05) is 44.9 Å². The predicted octanol–water partition coefficient (Wildman–Crippen LogP) is 0.733. The highest BCUT2D eigenvalue weighted by molar-refractivity contribution is 5.58. The third-order valence-corrected chi connectivity index (χ3v) is 3.06. The minimum atomic E-state index is 0.653. The van der Waals surface area contributed by atoms with E-state index in [-0.39, 0.29) is 0 Å². The lowest BCUT2D eigenvalue weighted by molar-refractivity contribution is 0.264. The summed E-state index contributed by atoms with van der Waals surface area (Å²) in [5.41, 5.74) is 6.81. The summed E-state index contributed by atoms with van der Waals surface area (Å²) < 4.78 is 5.37. The number of hydrogen-bond donors (Lipinski definition) is 1. The quantitative estimate of drug-likeness (QED) is 0.817. The van der Waals surface area contributed by atoms with Crippen LogP contribution in [-0.4, -0.2) is 44.9 Å². The monoisotopic (exact) mass is 221 g/mol. The van der Waals surface area contributed by atoms with Crippen molar-refractivity contribution in [3.63, 3.8) is 0 Å². The van der Waals surface area contributed by atoms with E-state index in [1.807, 2.05) is 18.2 Å². The Bertz CT molecular complexity index is 335. The maximum absolute atomic E-state index is 5.63. The zero-order chi connectivity index (χ0) is 11.4. The summed E-state index contributed by atoms with van der Waals surface area (Å²) >= 11 is 0. The molecule has 1 fully saturated rings. The number of piperazine rings is 1. The summed E-state index contributed by atoms with van der Waals surface area (Å²) in [5, 5.41) is 0. The van der Waals surface area contributed by atoms with Crippen LogP contribution in [0.1, 0.15) is 0 Å².